The highest BCUT2D eigenvalue weighted by Gasteiger charge is 2.35. The van der Waals surface area contributed by atoms with Gasteiger partial charge in [-0.25, -0.2) is 0 Å². The Morgan fingerprint density at radius 1 is 1.21 bits per heavy atom. The molecule has 3 N–H and O–H groups in total. The summed E-state index contributed by atoms with van der Waals surface area (Å²) in [5.41, 5.74) is 11.3. The third kappa shape index (κ3) is 3.88. The van der Waals surface area contributed by atoms with Gasteiger partial charge in [0.05, 0.1) is 12.0 Å². The largest absolute Gasteiger partial charge is 0.399 e. The average molecular weight is 377 g/mol. The Morgan fingerprint density at radius 2 is 2.00 bits per heavy atom. The van der Waals surface area contributed by atoms with E-state index in [4.69, 9.17) is 5.73 Å². The maximum absolute atomic E-state index is 12.9. The molecule has 0 bridgehead atoms. The first-order chi connectivity index (χ1) is 13.5. The number of nitrogens with two attached hydrogens (primary N) is 1. The van der Waals surface area contributed by atoms with E-state index < -0.39 is 0 Å². The zero-order chi connectivity index (χ0) is 19.7. The van der Waals surface area contributed by atoms with Crippen molar-refractivity contribution in [3.63, 3.8) is 0 Å². The molecule has 2 aromatic rings. The summed E-state index contributed by atoms with van der Waals surface area (Å²) in [5.74, 6) is -0.246. The first-order valence-electron chi connectivity index (χ1n) is 10.0. The van der Waals surface area contributed by atoms with Crippen molar-refractivity contribution in [3.05, 3.63) is 64.7 Å². The fourth-order valence-corrected chi connectivity index (χ4v) is 4.29. The maximum Gasteiger partial charge on any atom is 0.225 e. The molecule has 2 aliphatic rings. The van der Waals surface area contributed by atoms with Crippen LogP contribution in [-0.4, -0.2) is 23.3 Å². The van der Waals surface area contributed by atoms with E-state index in [2.05, 4.69) is 5.32 Å². The molecule has 1 fully saturated rings. The van der Waals surface area contributed by atoms with Crippen LogP contribution in [0.3, 0.4) is 0 Å². The van der Waals surface area contributed by atoms with Gasteiger partial charge in [-0.1, -0.05) is 35.9 Å². The van der Waals surface area contributed by atoms with Crippen LogP contribution in [-0.2, 0) is 22.6 Å². The third-order valence-electron chi connectivity index (χ3n) is 5.88. The molecule has 2 amide bonds. The number of benzene rings is 2. The van der Waals surface area contributed by atoms with E-state index in [1.165, 1.54) is 11.1 Å². The first-order valence-corrected chi connectivity index (χ1v) is 10.0. The molecule has 1 saturated heterocycles. The third-order valence-corrected chi connectivity index (χ3v) is 5.88. The smallest absolute Gasteiger partial charge is 0.225 e. The molecule has 1 heterocycles. The van der Waals surface area contributed by atoms with Crippen LogP contribution in [0.5, 0.6) is 0 Å². The molecule has 5 nitrogen and oxygen atoms in total. The molecular formula is C23H27N3O2. The minimum atomic E-state index is -0.280. The Labute approximate surface area is 165 Å². The van der Waals surface area contributed by atoms with Crippen molar-refractivity contribution in [2.24, 2.45) is 5.92 Å². The van der Waals surface area contributed by atoms with Gasteiger partial charge >= 0.3 is 0 Å². The lowest BCUT2D eigenvalue weighted by molar-refractivity contribution is -0.129. The van der Waals surface area contributed by atoms with Crippen LogP contribution >= 0.6 is 0 Å². The van der Waals surface area contributed by atoms with Crippen LogP contribution in [0.15, 0.2) is 42.5 Å². The maximum atomic E-state index is 12.9. The zero-order valence-corrected chi connectivity index (χ0v) is 16.3. The van der Waals surface area contributed by atoms with Gasteiger partial charge in [-0.2, -0.15) is 0 Å². The summed E-state index contributed by atoms with van der Waals surface area (Å²) < 4.78 is 0. The summed E-state index contributed by atoms with van der Waals surface area (Å²) in [7, 11) is 0. The van der Waals surface area contributed by atoms with E-state index in [1.807, 2.05) is 49.4 Å². The minimum Gasteiger partial charge on any atom is -0.399 e. The number of nitrogens with zero attached hydrogens (tertiary/aromatic N) is 1. The number of nitrogens with one attached hydrogen (secondary N) is 1. The van der Waals surface area contributed by atoms with Crippen molar-refractivity contribution in [1.82, 2.24) is 10.2 Å². The highest BCUT2D eigenvalue weighted by molar-refractivity contribution is 5.89. The molecule has 5 heteroatoms. The van der Waals surface area contributed by atoms with Gasteiger partial charge in [-0.15, -0.1) is 0 Å². The Kier molecular flexibility index (Phi) is 5.07. The number of carbonyl (C=O) groups is 2. The second-order valence-electron chi connectivity index (χ2n) is 8.07. The summed E-state index contributed by atoms with van der Waals surface area (Å²) in [4.78, 5) is 27.1. The van der Waals surface area contributed by atoms with Crippen molar-refractivity contribution >= 4 is 17.5 Å². The molecule has 0 radical (unpaired) electrons. The normalized spacial score (nSPS) is 21.5. The van der Waals surface area contributed by atoms with E-state index in [1.54, 1.807) is 4.90 Å². The van der Waals surface area contributed by atoms with E-state index in [0.29, 0.717) is 19.5 Å². The van der Waals surface area contributed by atoms with Gasteiger partial charge in [0.1, 0.15) is 0 Å². The molecule has 146 valence electrons. The van der Waals surface area contributed by atoms with E-state index in [-0.39, 0.29) is 23.8 Å². The fraction of sp³-hybridized carbons (Fsp3) is 0.391. The predicted octanol–water partition coefficient (Wildman–Crippen LogP) is 3.12. The average Bonchev–Trinajstić information content (AvgIpc) is 3.04. The number of aryl methyl sites for hydroxylation is 2. The van der Waals surface area contributed by atoms with E-state index >= 15 is 0 Å². The Morgan fingerprint density at radius 3 is 2.79 bits per heavy atom. The van der Waals surface area contributed by atoms with Crippen molar-refractivity contribution in [1.29, 1.82) is 0 Å². The minimum absolute atomic E-state index is 0.0121. The van der Waals surface area contributed by atoms with E-state index in [0.717, 1.165) is 36.1 Å². The molecule has 4 rings (SSSR count). The van der Waals surface area contributed by atoms with Gasteiger partial charge in [-0.3, -0.25) is 9.59 Å². The quantitative estimate of drug-likeness (QED) is 0.804. The lowest BCUT2D eigenvalue weighted by atomic mass is 9.87. The molecular weight excluding hydrogens is 350 g/mol. The Bertz CT molecular complexity index is 891. The number of likely N-dealkylation sites (tertiary alicyclic amines) is 1. The number of anilines is 1. The second-order valence-corrected chi connectivity index (χ2v) is 8.07. The standard InChI is InChI=1S/C23H27N3O2/c1-15-5-7-16(8-6-15)13-26-14-18(12-22(26)27)23(28)25-21-4-2-3-17-11-19(24)9-10-20(17)21/h5-11,18,21H,2-4,12-14,24H2,1H3,(H,25,28). The highest BCUT2D eigenvalue weighted by Crippen LogP contribution is 2.32. The van der Waals surface area contributed by atoms with Gasteiger partial charge in [0.25, 0.3) is 0 Å². The lowest BCUT2D eigenvalue weighted by Crippen LogP contribution is -2.36. The molecule has 0 aromatic heterocycles. The van der Waals surface area contributed by atoms with Crippen LogP contribution in [0.25, 0.3) is 0 Å². The molecule has 0 saturated carbocycles. The summed E-state index contributed by atoms with van der Waals surface area (Å²) in [6, 6.07) is 14.1. The Hall–Kier alpha value is -2.82. The summed E-state index contributed by atoms with van der Waals surface area (Å²) in [6.07, 6.45) is 3.25. The van der Waals surface area contributed by atoms with Crippen LogP contribution in [0, 0.1) is 12.8 Å². The number of carbonyl (C=O) groups excluding carboxylic acids is 2. The van der Waals surface area contributed by atoms with E-state index in [9.17, 15) is 9.59 Å². The zero-order valence-electron chi connectivity index (χ0n) is 16.3. The fourth-order valence-electron chi connectivity index (χ4n) is 4.29. The van der Waals surface area contributed by atoms with Gasteiger partial charge < -0.3 is 16.0 Å². The number of hydrogen-bond acceptors (Lipinski definition) is 3. The predicted molar refractivity (Wildman–Crippen MR) is 109 cm³/mol. The summed E-state index contributed by atoms with van der Waals surface area (Å²) >= 11 is 0. The molecule has 28 heavy (non-hydrogen) atoms. The SMILES string of the molecule is Cc1ccc(CN2CC(C(=O)NC3CCCc4cc(N)ccc43)CC2=O)cc1. The monoisotopic (exact) mass is 377 g/mol. The van der Waals surface area contributed by atoms with Crippen molar-refractivity contribution < 1.29 is 9.59 Å². The van der Waals surface area contributed by atoms with Crippen LogP contribution in [0.1, 0.15) is 47.6 Å². The van der Waals surface area contributed by atoms with Crippen LogP contribution in [0.2, 0.25) is 0 Å². The summed E-state index contributed by atoms with van der Waals surface area (Å²) in [5, 5.41) is 3.19. The van der Waals surface area contributed by atoms with Crippen LogP contribution < -0.4 is 11.1 Å². The van der Waals surface area contributed by atoms with Crippen molar-refractivity contribution in [2.45, 2.75) is 45.2 Å². The van der Waals surface area contributed by atoms with Gasteiger partial charge in [0.2, 0.25) is 11.8 Å². The first kappa shape index (κ1) is 18.5. The topological polar surface area (TPSA) is 75.4 Å². The number of nitrogen functional groups attached to an aromatic ring is 1. The number of amides is 2. The number of rotatable bonds is 4. The van der Waals surface area contributed by atoms with Crippen molar-refractivity contribution in [3.8, 4) is 0 Å². The number of hydrogen-bond donors (Lipinski definition) is 2. The highest BCUT2D eigenvalue weighted by atomic mass is 16.2. The Balaban J connectivity index is 1.40. The molecule has 2 unspecified atom stereocenters. The van der Waals surface area contributed by atoms with Gasteiger partial charge in [-0.05, 0) is 55.0 Å². The number of fused-ring (bicyclic) bond motifs is 1. The summed E-state index contributed by atoms with van der Waals surface area (Å²) in [6.45, 7) is 3.09. The molecule has 1 aliphatic heterocycles. The molecule has 0 spiro atoms. The lowest BCUT2D eigenvalue weighted by Gasteiger charge is -2.27. The molecule has 1 aliphatic carbocycles. The molecule has 2 aromatic carbocycles. The second kappa shape index (κ2) is 7.66. The van der Waals surface area contributed by atoms with Gasteiger partial charge in [0, 0.05) is 25.2 Å². The van der Waals surface area contributed by atoms with Gasteiger partial charge in [0.15, 0.2) is 0 Å². The van der Waals surface area contributed by atoms with Crippen LogP contribution in [0.4, 0.5) is 5.69 Å². The van der Waals surface area contributed by atoms with Crippen molar-refractivity contribution in [2.75, 3.05) is 12.3 Å². The molecule has 2 atom stereocenters.